The molecule has 0 aliphatic rings. The van der Waals surface area contributed by atoms with Crippen molar-refractivity contribution >= 4 is 50.1 Å². The van der Waals surface area contributed by atoms with Gasteiger partial charge in [-0.25, -0.2) is 9.67 Å². The number of carbonyl (C=O) groups excluding carboxylic acids is 1. The highest BCUT2D eigenvalue weighted by molar-refractivity contribution is 9.10. The Morgan fingerprint density at radius 2 is 2.20 bits per heavy atom. The first-order valence-corrected chi connectivity index (χ1v) is 9.75. The number of nitrogens with zero attached hydrogens (tertiary/aromatic N) is 4. The number of benzene rings is 1. The minimum Gasteiger partial charge on any atom is -0.298 e. The number of nitrogens with one attached hydrogen (secondary N) is 1. The van der Waals surface area contributed by atoms with Crippen molar-refractivity contribution in [2.75, 3.05) is 11.1 Å². The third kappa shape index (κ3) is 4.28. The first-order chi connectivity index (χ1) is 12.1. The Kier molecular flexibility index (Phi) is 5.53. The second-order valence-corrected chi connectivity index (χ2v) is 8.10. The minimum absolute atomic E-state index is 0.269. The third-order valence-electron chi connectivity index (χ3n) is 3.18. The molecule has 2 aromatic heterocycles. The molecule has 0 unspecified atom stereocenters. The lowest BCUT2D eigenvalue weighted by Crippen LogP contribution is -2.10. The van der Waals surface area contributed by atoms with Crippen LogP contribution >= 0.6 is 39.0 Å². The summed E-state index contributed by atoms with van der Waals surface area (Å²) >= 11 is 6.17. The zero-order valence-electron chi connectivity index (χ0n) is 13.1. The topological polar surface area (TPSA) is 83.6 Å². The van der Waals surface area contributed by atoms with E-state index >= 15 is 0 Å². The number of anilines is 1. The maximum absolute atomic E-state index is 12.4. The largest absolute Gasteiger partial charge is 0.298 e. The lowest BCUT2D eigenvalue weighted by atomic mass is 10.3. The van der Waals surface area contributed by atoms with Crippen molar-refractivity contribution in [1.82, 2.24) is 14.8 Å². The van der Waals surface area contributed by atoms with Crippen molar-refractivity contribution in [3.63, 3.8) is 0 Å². The summed E-state index contributed by atoms with van der Waals surface area (Å²) in [4.78, 5) is 16.7. The van der Waals surface area contributed by atoms with E-state index in [9.17, 15) is 4.79 Å². The van der Waals surface area contributed by atoms with Crippen LogP contribution in [-0.4, -0.2) is 26.4 Å². The number of halogens is 1. The van der Waals surface area contributed by atoms with Gasteiger partial charge in [-0.05, 0) is 31.2 Å². The van der Waals surface area contributed by atoms with E-state index in [1.54, 1.807) is 10.9 Å². The molecule has 0 spiro atoms. The van der Waals surface area contributed by atoms with Crippen LogP contribution < -0.4 is 5.32 Å². The van der Waals surface area contributed by atoms with Crippen LogP contribution in [-0.2, 0) is 0 Å². The van der Waals surface area contributed by atoms with Crippen LogP contribution in [0.15, 0.2) is 45.3 Å². The summed E-state index contributed by atoms with van der Waals surface area (Å²) in [5, 5.41) is 16.2. The molecule has 0 saturated carbocycles. The Bertz CT molecular complexity index is 942. The number of aromatic nitrogens is 3. The molecule has 1 N–H and O–H groups in total. The van der Waals surface area contributed by atoms with Crippen LogP contribution in [0.5, 0.6) is 0 Å². The van der Waals surface area contributed by atoms with E-state index in [0.29, 0.717) is 16.4 Å². The molecule has 0 bridgehead atoms. The molecule has 9 heteroatoms. The number of aryl methyl sites for hydroxylation is 1. The molecule has 0 radical (unpaired) electrons. The summed E-state index contributed by atoms with van der Waals surface area (Å²) in [6.07, 6.45) is 3.19. The average Bonchev–Trinajstić information content (AvgIpc) is 3.21. The van der Waals surface area contributed by atoms with Gasteiger partial charge in [0.15, 0.2) is 5.13 Å². The fourth-order valence-electron chi connectivity index (χ4n) is 2.01. The molecule has 25 heavy (non-hydrogen) atoms. The highest BCUT2D eigenvalue weighted by atomic mass is 79.9. The number of hydrogen-bond donors (Lipinski definition) is 1. The van der Waals surface area contributed by atoms with E-state index in [0.717, 1.165) is 20.1 Å². The molecule has 126 valence electrons. The van der Waals surface area contributed by atoms with Crippen molar-refractivity contribution in [3.8, 4) is 11.8 Å². The maximum atomic E-state index is 12.4. The van der Waals surface area contributed by atoms with Gasteiger partial charge in [0.1, 0.15) is 0 Å². The number of rotatable bonds is 5. The summed E-state index contributed by atoms with van der Waals surface area (Å²) in [6, 6.07) is 9.71. The Hall–Kier alpha value is -2.15. The number of thiazole rings is 1. The molecular weight excluding hydrogens is 422 g/mol. The quantitative estimate of drug-likeness (QED) is 0.607. The zero-order chi connectivity index (χ0) is 17.8. The summed E-state index contributed by atoms with van der Waals surface area (Å²) < 4.78 is 3.55. The van der Waals surface area contributed by atoms with Gasteiger partial charge >= 0.3 is 0 Å². The molecule has 3 aromatic rings. The smallest absolute Gasteiger partial charge is 0.260 e. The van der Waals surface area contributed by atoms with Crippen molar-refractivity contribution in [2.45, 2.75) is 11.1 Å². The summed E-state index contributed by atoms with van der Waals surface area (Å²) in [5.41, 5.74) is 2.12. The molecular formula is C16H12BrN5OS2. The van der Waals surface area contributed by atoms with Crippen LogP contribution in [0.1, 0.15) is 16.1 Å². The van der Waals surface area contributed by atoms with E-state index in [4.69, 9.17) is 5.26 Å². The molecule has 6 nitrogen and oxygen atoms in total. The number of hydrogen-bond acceptors (Lipinski definition) is 6. The van der Waals surface area contributed by atoms with Gasteiger partial charge in [0.25, 0.3) is 5.91 Å². The summed E-state index contributed by atoms with van der Waals surface area (Å²) in [5.74, 6) is 0.0880. The van der Waals surface area contributed by atoms with Gasteiger partial charge in [0, 0.05) is 10.7 Å². The molecule has 0 saturated heterocycles. The normalized spacial score (nSPS) is 10.4. The predicted molar refractivity (Wildman–Crippen MR) is 102 cm³/mol. The van der Waals surface area contributed by atoms with Crippen LogP contribution in [0.4, 0.5) is 5.13 Å². The van der Waals surface area contributed by atoms with Crippen LogP contribution in [0.25, 0.3) is 5.69 Å². The lowest BCUT2D eigenvalue weighted by Gasteiger charge is -2.00. The van der Waals surface area contributed by atoms with E-state index in [2.05, 4.69) is 37.4 Å². The van der Waals surface area contributed by atoms with Crippen molar-refractivity contribution in [2.24, 2.45) is 0 Å². The first-order valence-electron chi connectivity index (χ1n) is 7.16. The van der Waals surface area contributed by atoms with Gasteiger partial charge < -0.3 is 0 Å². The number of thioether (sulfide) groups is 1. The van der Waals surface area contributed by atoms with E-state index < -0.39 is 0 Å². The molecule has 2 heterocycles. The molecule has 0 aliphatic heterocycles. The zero-order valence-corrected chi connectivity index (χ0v) is 16.3. The van der Waals surface area contributed by atoms with Crippen LogP contribution in [0.2, 0.25) is 0 Å². The second-order valence-electron chi connectivity index (χ2n) is 4.94. The summed E-state index contributed by atoms with van der Waals surface area (Å²) in [6.45, 7) is 1.86. The fraction of sp³-hybridized carbons (Fsp3) is 0.125. The monoisotopic (exact) mass is 433 g/mol. The highest BCUT2D eigenvalue weighted by Gasteiger charge is 2.14. The first kappa shape index (κ1) is 17.7. The average molecular weight is 434 g/mol. The molecule has 1 amide bonds. The maximum Gasteiger partial charge on any atom is 0.260 e. The van der Waals surface area contributed by atoms with E-state index in [1.165, 1.54) is 29.3 Å². The number of amides is 1. The molecule has 1 aromatic carbocycles. The van der Waals surface area contributed by atoms with E-state index in [1.807, 2.05) is 31.2 Å². The second kappa shape index (κ2) is 7.82. The van der Waals surface area contributed by atoms with E-state index in [-0.39, 0.29) is 5.91 Å². The van der Waals surface area contributed by atoms with Crippen molar-refractivity contribution in [3.05, 3.63) is 52.4 Å². The van der Waals surface area contributed by atoms with Gasteiger partial charge in [-0.2, -0.15) is 10.4 Å². The van der Waals surface area contributed by atoms with Gasteiger partial charge in [-0.3, -0.25) is 10.1 Å². The van der Waals surface area contributed by atoms with Gasteiger partial charge in [-0.15, -0.1) is 0 Å². The molecule has 0 fully saturated rings. The number of nitriles is 1. The Morgan fingerprint density at radius 1 is 1.44 bits per heavy atom. The molecule has 0 atom stereocenters. The standard InChI is InChI=1S/C16H12BrN5OS2/c1-10-15(24-7-6-18)25-16(20-10)21-14(23)11-8-19-22(9-11)13-4-2-12(17)3-5-13/h2-5,8-9H,7H2,1H3,(H,20,21,23). The highest BCUT2D eigenvalue weighted by Crippen LogP contribution is 2.32. The van der Waals surface area contributed by atoms with Gasteiger partial charge in [0.2, 0.25) is 0 Å². The molecule has 0 aliphatic carbocycles. The Labute approximate surface area is 161 Å². The van der Waals surface area contributed by atoms with Crippen molar-refractivity contribution in [1.29, 1.82) is 5.26 Å². The van der Waals surface area contributed by atoms with Crippen molar-refractivity contribution < 1.29 is 4.79 Å². The Morgan fingerprint density at radius 3 is 2.92 bits per heavy atom. The fourth-order valence-corrected chi connectivity index (χ4v) is 4.07. The Balaban J connectivity index is 1.72. The predicted octanol–water partition coefficient (Wildman–Crippen LogP) is 4.27. The third-order valence-corrected chi connectivity index (χ3v) is 6.01. The van der Waals surface area contributed by atoms with Gasteiger partial charge in [0.05, 0.1) is 39.2 Å². The molecule has 3 rings (SSSR count). The number of carbonyl (C=O) groups is 1. The SMILES string of the molecule is Cc1nc(NC(=O)c2cnn(-c3ccc(Br)cc3)c2)sc1SCC#N. The minimum atomic E-state index is -0.269. The van der Waals surface area contributed by atoms with Crippen LogP contribution in [0, 0.1) is 18.3 Å². The lowest BCUT2D eigenvalue weighted by molar-refractivity contribution is 0.102. The van der Waals surface area contributed by atoms with Gasteiger partial charge in [-0.1, -0.05) is 39.0 Å². The van der Waals surface area contributed by atoms with Crippen LogP contribution in [0.3, 0.4) is 0 Å². The summed E-state index contributed by atoms with van der Waals surface area (Å²) in [7, 11) is 0.